The molecule has 0 bridgehead atoms. The van der Waals surface area contributed by atoms with Gasteiger partial charge in [0.1, 0.15) is 5.75 Å². The summed E-state index contributed by atoms with van der Waals surface area (Å²) in [6.07, 6.45) is 13.9. The summed E-state index contributed by atoms with van der Waals surface area (Å²) in [5.74, 6) is 1.30. The van der Waals surface area contributed by atoms with Gasteiger partial charge in [-0.1, -0.05) is 18.1 Å². The Morgan fingerprint density at radius 3 is 2.90 bits per heavy atom. The summed E-state index contributed by atoms with van der Waals surface area (Å²) >= 11 is 0. The minimum atomic E-state index is -0.242. The van der Waals surface area contributed by atoms with Gasteiger partial charge in [0.05, 0.1) is 6.54 Å². The van der Waals surface area contributed by atoms with Crippen molar-refractivity contribution in [1.82, 2.24) is 9.88 Å². The first-order valence-electron chi connectivity index (χ1n) is 10.6. The molecular weight excluding hydrogens is 362 g/mol. The van der Waals surface area contributed by atoms with Crippen molar-refractivity contribution in [3.63, 3.8) is 0 Å². The molecule has 2 aromatic rings. The largest absolute Gasteiger partial charge is 0.415 e. The molecule has 29 heavy (non-hydrogen) atoms. The fourth-order valence-electron chi connectivity index (χ4n) is 4.31. The van der Waals surface area contributed by atoms with E-state index in [4.69, 9.17) is 10.5 Å². The van der Waals surface area contributed by atoms with Crippen molar-refractivity contribution in [3.05, 3.63) is 65.5 Å². The smallest absolute Gasteiger partial charge is 0.410 e. The van der Waals surface area contributed by atoms with Crippen LogP contribution in [0.15, 0.2) is 54.4 Å². The van der Waals surface area contributed by atoms with Gasteiger partial charge in [-0.05, 0) is 80.3 Å². The molecule has 0 radical (unpaired) electrons. The summed E-state index contributed by atoms with van der Waals surface area (Å²) in [5.41, 5.74) is 10.5. The van der Waals surface area contributed by atoms with Crippen LogP contribution in [0.5, 0.6) is 5.75 Å². The number of anilines is 1. The molecule has 4 rings (SSSR count). The molecule has 0 spiro atoms. The van der Waals surface area contributed by atoms with Gasteiger partial charge in [0, 0.05) is 30.2 Å². The lowest BCUT2D eigenvalue weighted by Gasteiger charge is -2.29. The number of allylic oxidation sites excluding steroid dienone is 2. The van der Waals surface area contributed by atoms with E-state index in [1.165, 1.54) is 37.7 Å². The minimum Gasteiger partial charge on any atom is -0.410 e. The molecule has 1 aliphatic carbocycles. The van der Waals surface area contributed by atoms with Crippen LogP contribution in [-0.4, -0.2) is 22.5 Å². The minimum absolute atomic E-state index is 0.242. The van der Waals surface area contributed by atoms with Gasteiger partial charge in [-0.3, -0.25) is 4.98 Å². The average Bonchev–Trinajstić information content (AvgIpc) is 2.97. The first kappa shape index (κ1) is 19.5. The Balaban J connectivity index is 1.28. The van der Waals surface area contributed by atoms with E-state index in [-0.39, 0.29) is 6.09 Å². The Morgan fingerprint density at radius 1 is 1.17 bits per heavy atom. The summed E-state index contributed by atoms with van der Waals surface area (Å²) in [6, 6.07) is 9.62. The Kier molecular flexibility index (Phi) is 6.13. The van der Waals surface area contributed by atoms with E-state index in [9.17, 15) is 4.79 Å². The fraction of sp³-hybridized carbons (Fsp3) is 0.417. The zero-order valence-electron chi connectivity index (χ0n) is 16.8. The van der Waals surface area contributed by atoms with Crippen LogP contribution in [0.3, 0.4) is 0 Å². The van der Waals surface area contributed by atoms with Crippen LogP contribution >= 0.6 is 0 Å². The Bertz CT molecular complexity index is 879. The lowest BCUT2D eigenvalue weighted by atomic mass is 9.96. The monoisotopic (exact) mass is 391 g/mol. The quantitative estimate of drug-likeness (QED) is 0.436. The van der Waals surface area contributed by atoms with Crippen LogP contribution < -0.4 is 10.5 Å². The Morgan fingerprint density at radius 2 is 2.03 bits per heavy atom. The van der Waals surface area contributed by atoms with Crippen molar-refractivity contribution in [2.45, 2.75) is 51.5 Å². The van der Waals surface area contributed by atoms with E-state index in [2.05, 4.69) is 23.2 Å². The van der Waals surface area contributed by atoms with Gasteiger partial charge in [-0.2, -0.15) is 0 Å². The second-order valence-electron chi connectivity index (χ2n) is 8.16. The SMILES string of the molecule is Nc1ccc2c(c1)CN(CCC1CCC/C(=C/Cc3ccncc3)CC1)C(=O)O2. The van der Waals surface area contributed by atoms with E-state index < -0.39 is 0 Å². The van der Waals surface area contributed by atoms with Crippen LogP contribution in [0.1, 0.15) is 49.7 Å². The van der Waals surface area contributed by atoms with Crippen molar-refractivity contribution in [2.75, 3.05) is 12.3 Å². The molecule has 5 heteroatoms. The highest BCUT2D eigenvalue weighted by Crippen LogP contribution is 2.31. The molecule has 1 fully saturated rings. The summed E-state index contributed by atoms with van der Waals surface area (Å²) in [5, 5.41) is 0. The maximum absolute atomic E-state index is 12.3. The van der Waals surface area contributed by atoms with E-state index in [0.29, 0.717) is 23.9 Å². The maximum atomic E-state index is 12.3. The van der Waals surface area contributed by atoms with Crippen molar-refractivity contribution in [2.24, 2.45) is 5.92 Å². The van der Waals surface area contributed by atoms with E-state index in [0.717, 1.165) is 24.9 Å². The van der Waals surface area contributed by atoms with Crippen LogP contribution in [0.4, 0.5) is 10.5 Å². The molecule has 2 N–H and O–H groups in total. The lowest BCUT2D eigenvalue weighted by molar-refractivity contribution is 0.134. The molecule has 1 aromatic carbocycles. The molecule has 1 saturated carbocycles. The van der Waals surface area contributed by atoms with Gasteiger partial charge in [-0.15, -0.1) is 0 Å². The van der Waals surface area contributed by atoms with Crippen LogP contribution in [-0.2, 0) is 13.0 Å². The molecule has 0 saturated heterocycles. The molecule has 1 amide bonds. The third kappa shape index (κ3) is 5.17. The van der Waals surface area contributed by atoms with E-state index in [1.54, 1.807) is 17.7 Å². The third-order valence-corrected chi connectivity index (χ3v) is 6.07. The standard InChI is InChI=1S/C24H29N3O2/c25-22-8-9-23-21(16-22)17-27(24(28)29-23)15-12-19-3-1-2-18(4-6-19)5-7-20-10-13-26-14-11-20/h5,8-11,13-14,16,19H,1-4,6-7,12,15,17,25H2/b18-5-. The highest BCUT2D eigenvalue weighted by Gasteiger charge is 2.26. The highest BCUT2D eigenvalue weighted by atomic mass is 16.6. The molecule has 5 nitrogen and oxygen atoms in total. The number of carbonyl (C=O) groups excluding carboxylic acids is 1. The molecule has 2 heterocycles. The number of hydrogen-bond donors (Lipinski definition) is 1. The van der Waals surface area contributed by atoms with Crippen molar-refractivity contribution < 1.29 is 9.53 Å². The second-order valence-corrected chi connectivity index (χ2v) is 8.16. The number of benzene rings is 1. The molecule has 152 valence electrons. The van der Waals surface area contributed by atoms with Gasteiger partial charge in [0.2, 0.25) is 0 Å². The van der Waals surface area contributed by atoms with Gasteiger partial charge in [-0.25, -0.2) is 4.79 Å². The topological polar surface area (TPSA) is 68.5 Å². The van der Waals surface area contributed by atoms with Gasteiger partial charge in [0.15, 0.2) is 0 Å². The number of aromatic nitrogens is 1. The number of nitrogens with zero attached hydrogens (tertiary/aromatic N) is 2. The summed E-state index contributed by atoms with van der Waals surface area (Å²) in [4.78, 5) is 18.2. The number of carbonyl (C=O) groups is 1. The number of ether oxygens (including phenoxy) is 1. The van der Waals surface area contributed by atoms with Crippen molar-refractivity contribution in [1.29, 1.82) is 0 Å². The second kappa shape index (κ2) is 9.12. The van der Waals surface area contributed by atoms with Crippen molar-refractivity contribution in [3.8, 4) is 5.75 Å². The number of nitrogens with two attached hydrogens (primary N) is 1. The molecular formula is C24H29N3O2. The number of amides is 1. The maximum Gasteiger partial charge on any atom is 0.415 e. The van der Waals surface area contributed by atoms with Gasteiger partial charge in [0.25, 0.3) is 0 Å². The van der Waals surface area contributed by atoms with Crippen LogP contribution in [0.2, 0.25) is 0 Å². The number of hydrogen-bond acceptors (Lipinski definition) is 4. The van der Waals surface area contributed by atoms with Crippen molar-refractivity contribution >= 4 is 11.8 Å². The van der Waals surface area contributed by atoms with Crippen LogP contribution in [0, 0.1) is 5.92 Å². The van der Waals surface area contributed by atoms with E-state index in [1.807, 2.05) is 23.4 Å². The number of fused-ring (bicyclic) bond motifs is 1. The molecule has 1 aliphatic heterocycles. The van der Waals surface area contributed by atoms with Gasteiger partial charge < -0.3 is 15.4 Å². The van der Waals surface area contributed by atoms with Crippen LogP contribution in [0.25, 0.3) is 0 Å². The zero-order valence-corrected chi connectivity index (χ0v) is 16.8. The summed E-state index contributed by atoms with van der Waals surface area (Å²) in [7, 11) is 0. The Hall–Kier alpha value is -2.82. The lowest BCUT2D eigenvalue weighted by Crippen LogP contribution is -2.38. The third-order valence-electron chi connectivity index (χ3n) is 6.07. The first-order chi connectivity index (χ1) is 14.2. The molecule has 1 atom stereocenters. The Labute approximate surface area is 172 Å². The van der Waals surface area contributed by atoms with Gasteiger partial charge >= 0.3 is 6.09 Å². The summed E-state index contributed by atoms with van der Waals surface area (Å²) < 4.78 is 5.47. The number of nitrogen functional groups attached to an aromatic ring is 1. The zero-order chi connectivity index (χ0) is 20.1. The predicted octanol–water partition coefficient (Wildman–Crippen LogP) is 5.12. The normalized spacial score (nSPS) is 20.8. The highest BCUT2D eigenvalue weighted by molar-refractivity contribution is 5.74. The molecule has 2 aliphatic rings. The predicted molar refractivity (Wildman–Crippen MR) is 115 cm³/mol. The number of pyridine rings is 1. The first-order valence-corrected chi connectivity index (χ1v) is 10.6. The molecule has 1 aromatic heterocycles. The summed E-state index contributed by atoms with van der Waals surface area (Å²) in [6.45, 7) is 1.33. The fourth-order valence-corrected chi connectivity index (χ4v) is 4.31. The average molecular weight is 392 g/mol. The molecule has 1 unspecified atom stereocenters. The van der Waals surface area contributed by atoms with E-state index >= 15 is 0 Å². The number of rotatable bonds is 5.